The molecule has 2 N–H and O–H groups in total. The van der Waals surface area contributed by atoms with Crippen LogP contribution in [0.15, 0.2) is 0 Å². The first-order valence-electron chi connectivity index (χ1n) is 8.40. The van der Waals surface area contributed by atoms with Gasteiger partial charge in [-0.2, -0.15) is 0 Å². The third-order valence-corrected chi connectivity index (χ3v) is 4.32. The van der Waals surface area contributed by atoms with Crippen LogP contribution in [0.2, 0.25) is 0 Å². The molecule has 0 saturated heterocycles. The van der Waals surface area contributed by atoms with Gasteiger partial charge in [-0.05, 0) is 52.2 Å². The first-order chi connectivity index (χ1) is 9.65. The van der Waals surface area contributed by atoms with E-state index in [-0.39, 0.29) is 11.9 Å². The minimum Gasteiger partial charge on any atom is -0.353 e. The topological polar surface area (TPSA) is 44.4 Å². The highest BCUT2D eigenvalue weighted by atomic mass is 16.1. The summed E-state index contributed by atoms with van der Waals surface area (Å²) in [5.41, 5.74) is 0. The first kappa shape index (κ1) is 17.4. The van der Waals surface area contributed by atoms with Crippen LogP contribution in [0.4, 0.5) is 0 Å². The molecule has 1 rings (SSSR count). The highest BCUT2D eigenvalue weighted by Gasteiger charge is 2.15. The third-order valence-electron chi connectivity index (χ3n) is 4.32. The molecule has 1 amide bonds. The standard InChI is InChI=1S/C16H33N3O/c1-4-19(5-2)12-8-9-14(3)18-16(20)13-17-15-10-6-7-11-15/h14-15,17H,4-13H2,1-3H3,(H,18,20). The van der Waals surface area contributed by atoms with E-state index in [0.717, 1.165) is 32.5 Å². The smallest absolute Gasteiger partial charge is 0.234 e. The van der Waals surface area contributed by atoms with E-state index in [1.165, 1.54) is 25.7 Å². The van der Waals surface area contributed by atoms with Crippen molar-refractivity contribution in [1.29, 1.82) is 0 Å². The van der Waals surface area contributed by atoms with Gasteiger partial charge in [0.2, 0.25) is 5.91 Å². The van der Waals surface area contributed by atoms with Crippen molar-refractivity contribution in [3.8, 4) is 0 Å². The molecule has 4 heteroatoms. The maximum atomic E-state index is 11.8. The number of carbonyl (C=O) groups is 1. The second-order valence-electron chi connectivity index (χ2n) is 6.00. The lowest BCUT2D eigenvalue weighted by atomic mass is 10.1. The average molecular weight is 283 g/mol. The summed E-state index contributed by atoms with van der Waals surface area (Å²) in [6.45, 7) is 10.3. The van der Waals surface area contributed by atoms with Gasteiger partial charge in [0, 0.05) is 12.1 Å². The summed E-state index contributed by atoms with van der Waals surface area (Å²) in [5, 5.41) is 6.45. The minimum absolute atomic E-state index is 0.146. The molecule has 1 aliphatic rings. The van der Waals surface area contributed by atoms with Crippen LogP contribution in [-0.4, -0.2) is 49.1 Å². The van der Waals surface area contributed by atoms with Gasteiger partial charge in [-0.15, -0.1) is 0 Å². The van der Waals surface area contributed by atoms with Gasteiger partial charge in [0.1, 0.15) is 0 Å². The van der Waals surface area contributed by atoms with E-state index in [2.05, 4.69) is 36.3 Å². The molecule has 0 aromatic carbocycles. The summed E-state index contributed by atoms with van der Waals surface area (Å²) in [5.74, 6) is 0.146. The molecule has 4 nitrogen and oxygen atoms in total. The second-order valence-corrected chi connectivity index (χ2v) is 6.00. The van der Waals surface area contributed by atoms with E-state index in [4.69, 9.17) is 0 Å². The molecular formula is C16H33N3O. The molecule has 118 valence electrons. The van der Waals surface area contributed by atoms with Gasteiger partial charge in [0.05, 0.1) is 6.54 Å². The van der Waals surface area contributed by atoms with Crippen LogP contribution >= 0.6 is 0 Å². The third kappa shape index (κ3) is 7.25. The van der Waals surface area contributed by atoms with E-state index in [9.17, 15) is 4.79 Å². The predicted octanol–water partition coefficient (Wildman–Crippen LogP) is 2.15. The van der Waals surface area contributed by atoms with Gasteiger partial charge in [-0.3, -0.25) is 4.79 Å². The number of hydrogen-bond acceptors (Lipinski definition) is 3. The number of hydrogen-bond donors (Lipinski definition) is 2. The Morgan fingerprint density at radius 2 is 1.90 bits per heavy atom. The van der Waals surface area contributed by atoms with Crippen molar-refractivity contribution in [2.75, 3.05) is 26.2 Å². The Morgan fingerprint density at radius 1 is 1.25 bits per heavy atom. The van der Waals surface area contributed by atoms with Crippen LogP contribution in [0.3, 0.4) is 0 Å². The van der Waals surface area contributed by atoms with Crippen LogP contribution in [0.1, 0.15) is 59.3 Å². The Labute approximate surface area is 124 Å². The largest absolute Gasteiger partial charge is 0.353 e. The molecule has 1 unspecified atom stereocenters. The summed E-state index contributed by atoms with van der Waals surface area (Å²) in [4.78, 5) is 14.3. The van der Waals surface area contributed by atoms with Gasteiger partial charge in [0.15, 0.2) is 0 Å². The summed E-state index contributed by atoms with van der Waals surface area (Å²) >= 11 is 0. The van der Waals surface area contributed by atoms with Gasteiger partial charge in [-0.25, -0.2) is 0 Å². The number of carbonyl (C=O) groups excluding carboxylic acids is 1. The van der Waals surface area contributed by atoms with Crippen LogP contribution < -0.4 is 10.6 Å². The highest BCUT2D eigenvalue weighted by Crippen LogP contribution is 2.17. The second kappa shape index (κ2) is 10.2. The van der Waals surface area contributed by atoms with Gasteiger partial charge in [-0.1, -0.05) is 26.7 Å². The zero-order chi connectivity index (χ0) is 14.8. The molecule has 0 radical (unpaired) electrons. The Balaban J connectivity index is 2.05. The van der Waals surface area contributed by atoms with Crippen molar-refractivity contribution >= 4 is 5.91 Å². The monoisotopic (exact) mass is 283 g/mol. The Hall–Kier alpha value is -0.610. The van der Waals surface area contributed by atoms with Crippen molar-refractivity contribution in [3.63, 3.8) is 0 Å². The van der Waals surface area contributed by atoms with Crippen molar-refractivity contribution in [1.82, 2.24) is 15.5 Å². The SMILES string of the molecule is CCN(CC)CCCC(C)NC(=O)CNC1CCCC1. The maximum absolute atomic E-state index is 11.8. The van der Waals surface area contributed by atoms with Crippen molar-refractivity contribution in [3.05, 3.63) is 0 Å². The van der Waals surface area contributed by atoms with E-state index in [0.29, 0.717) is 12.6 Å². The lowest BCUT2D eigenvalue weighted by molar-refractivity contribution is -0.121. The normalized spacial score (nSPS) is 17.6. The molecule has 1 atom stereocenters. The lowest BCUT2D eigenvalue weighted by Gasteiger charge is -2.20. The molecule has 0 bridgehead atoms. The molecule has 1 aliphatic carbocycles. The molecular weight excluding hydrogens is 250 g/mol. The number of amides is 1. The minimum atomic E-state index is 0.146. The van der Waals surface area contributed by atoms with Crippen LogP contribution in [0.5, 0.6) is 0 Å². The molecule has 20 heavy (non-hydrogen) atoms. The highest BCUT2D eigenvalue weighted by molar-refractivity contribution is 5.78. The summed E-state index contributed by atoms with van der Waals surface area (Å²) < 4.78 is 0. The van der Waals surface area contributed by atoms with Crippen LogP contribution in [-0.2, 0) is 4.79 Å². The number of nitrogens with one attached hydrogen (secondary N) is 2. The zero-order valence-corrected chi connectivity index (χ0v) is 13.6. The molecule has 0 aliphatic heterocycles. The van der Waals surface area contributed by atoms with E-state index in [1.54, 1.807) is 0 Å². The molecule has 0 aromatic rings. The molecule has 0 spiro atoms. The average Bonchev–Trinajstić information content (AvgIpc) is 2.94. The summed E-state index contributed by atoms with van der Waals surface area (Å²) in [7, 11) is 0. The van der Waals surface area contributed by atoms with Gasteiger partial charge >= 0.3 is 0 Å². The summed E-state index contributed by atoms with van der Waals surface area (Å²) in [6.07, 6.45) is 7.28. The van der Waals surface area contributed by atoms with Crippen molar-refractivity contribution in [2.45, 2.75) is 71.4 Å². The molecule has 1 fully saturated rings. The van der Waals surface area contributed by atoms with E-state index in [1.807, 2.05) is 0 Å². The molecule has 0 heterocycles. The molecule has 1 saturated carbocycles. The van der Waals surface area contributed by atoms with E-state index >= 15 is 0 Å². The van der Waals surface area contributed by atoms with Crippen molar-refractivity contribution in [2.24, 2.45) is 0 Å². The fourth-order valence-corrected chi connectivity index (χ4v) is 2.93. The van der Waals surface area contributed by atoms with Gasteiger partial charge in [0.25, 0.3) is 0 Å². The quantitative estimate of drug-likeness (QED) is 0.646. The maximum Gasteiger partial charge on any atom is 0.234 e. The molecule has 0 aromatic heterocycles. The Bertz CT molecular complexity index is 260. The predicted molar refractivity (Wildman–Crippen MR) is 84.9 cm³/mol. The zero-order valence-electron chi connectivity index (χ0n) is 13.6. The Kier molecular flexibility index (Phi) is 8.86. The van der Waals surface area contributed by atoms with Crippen molar-refractivity contribution < 1.29 is 4.79 Å². The Morgan fingerprint density at radius 3 is 2.50 bits per heavy atom. The summed E-state index contributed by atoms with van der Waals surface area (Å²) in [6, 6.07) is 0.849. The van der Waals surface area contributed by atoms with E-state index < -0.39 is 0 Å². The number of rotatable bonds is 10. The first-order valence-corrected chi connectivity index (χ1v) is 8.40. The number of nitrogens with zero attached hydrogens (tertiary/aromatic N) is 1. The van der Waals surface area contributed by atoms with Crippen LogP contribution in [0.25, 0.3) is 0 Å². The fraction of sp³-hybridized carbons (Fsp3) is 0.938. The van der Waals surface area contributed by atoms with Crippen LogP contribution in [0, 0.1) is 0 Å². The fourth-order valence-electron chi connectivity index (χ4n) is 2.93. The van der Waals surface area contributed by atoms with Gasteiger partial charge < -0.3 is 15.5 Å². The lowest BCUT2D eigenvalue weighted by Crippen LogP contribution is -2.41.